The Labute approximate surface area is 226 Å². The van der Waals surface area contributed by atoms with Crippen LogP contribution in [0.3, 0.4) is 0 Å². The molecule has 1 aromatic heterocycles. The molecule has 1 aliphatic rings. The van der Waals surface area contributed by atoms with Gasteiger partial charge in [-0.15, -0.1) is 0 Å². The summed E-state index contributed by atoms with van der Waals surface area (Å²) in [5.74, 6) is -1.56. The van der Waals surface area contributed by atoms with Crippen LogP contribution in [0.1, 0.15) is 32.0 Å². The Hall–Kier alpha value is -3.74. The van der Waals surface area contributed by atoms with Gasteiger partial charge in [0.1, 0.15) is 12.4 Å². The van der Waals surface area contributed by atoms with Crippen molar-refractivity contribution in [1.29, 1.82) is 0 Å². The van der Waals surface area contributed by atoms with Crippen molar-refractivity contribution in [1.82, 2.24) is 20.1 Å². The summed E-state index contributed by atoms with van der Waals surface area (Å²) in [7, 11) is -4.15. The minimum atomic E-state index is -4.15. The molecule has 0 spiro atoms. The first-order chi connectivity index (χ1) is 18.3. The maximum Gasteiger partial charge on any atom is 0.407 e. The number of benzene rings is 2. The van der Waals surface area contributed by atoms with Gasteiger partial charge in [0.2, 0.25) is 15.9 Å². The minimum absolute atomic E-state index is 0.0794. The van der Waals surface area contributed by atoms with Gasteiger partial charge in [0, 0.05) is 23.2 Å². The van der Waals surface area contributed by atoms with Crippen LogP contribution in [0, 0.1) is 18.3 Å². The Morgan fingerprint density at radius 2 is 1.79 bits per heavy atom. The second-order valence-corrected chi connectivity index (χ2v) is 12.4. The number of hydroxylamine groups is 1. The summed E-state index contributed by atoms with van der Waals surface area (Å²) in [6, 6.07) is 13.5. The summed E-state index contributed by atoms with van der Waals surface area (Å²) in [6.07, 6.45) is -1.29. The Balaban J connectivity index is 1.52. The molecule has 0 bridgehead atoms. The van der Waals surface area contributed by atoms with Crippen molar-refractivity contribution in [3.8, 4) is 5.75 Å². The number of aromatic nitrogens is 1. The van der Waals surface area contributed by atoms with E-state index in [4.69, 9.17) is 4.74 Å². The summed E-state index contributed by atoms with van der Waals surface area (Å²) >= 11 is 0. The molecular formula is C27H32N4O7S. The number of carboxylic acid groups (broad SMARTS) is 1. The zero-order valence-electron chi connectivity index (χ0n) is 22.1. The molecule has 1 fully saturated rings. The smallest absolute Gasteiger partial charge is 0.407 e. The van der Waals surface area contributed by atoms with Crippen LogP contribution in [0.5, 0.6) is 5.75 Å². The molecule has 4 N–H and O–H groups in total. The highest BCUT2D eigenvalue weighted by atomic mass is 32.2. The van der Waals surface area contributed by atoms with Crippen molar-refractivity contribution in [2.24, 2.45) is 11.3 Å². The highest BCUT2D eigenvalue weighted by molar-refractivity contribution is 7.89. The van der Waals surface area contributed by atoms with Crippen LogP contribution in [-0.4, -0.2) is 59.2 Å². The van der Waals surface area contributed by atoms with Gasteiger partial charge < -0.3 is 14.7 Å². The summed E-state index contributed by atoms with van der Waals surface area (Å²) in [4.78, 5) is 30.0. The number of nitrogens with one attached hydrogen (secondary N) is 2. The summed E-state index contributed by atoms with van der Waals surface area (Å²) < 4.78 is 34.9. The van der Waals surface area contributed by atoms with Crippen LogP contribution >= 0.6 is 0 Å². The van der Waals surface area contributed by atoms with Gasteiger partial charge in [0.15, 0.2) is 0 Å². The fraction of sp³-hybridized carbons (Fsp3) is 0.370. The van der Waals surface area contributed by atoms with E-state index in [0.29, 0.717) is 5.75 Å². The highest BCUT2D eigenvalue weighted by Crippen LogP contribution is 2.38. The first kappa shape index (κ1) is 28.3. The lowest BCUT2D eigenvalue weighted by Gasteiger charge is -2.36. The molecule has 3 unspecified atom stereocenters. The van der Waals surface area contributed by atoms with Crippen molar-refractivity contribution in [3.63, 3.8) is 0 Å². The number of ether oxygens (including phenoxy) is 1. The van der Waals surface area contributed by atoms with E-state index in [1.54, 1.807) is 26.3 Å². The maximum absolute atomic E-state index is 13.2. The van der Waals surface area contributed by atoms with E-state index in [9.17, 15) is 28.3 Å². The molecule has 3 atom stereocenters. The molecule has 2 heterocycles. The fourth-order valence-corrected chi connectivity index (χ4v) is 6.48. The number of rotatable bonds is 7. The average Bonchev–Trinajstić information content (AvgIpc) is 3.26. The Morgan fingerprint density at radius 1 is 1.13 bits per heavy atom. The number of amides is 2. The third-order valence-corrected chi connectivity index (χ3v) is 8.32. The minimum Gasteiger partial charge on any atom is -0.489 e. The van der Waals surface area contributed by atoms with Crippen LogP contribution in [0.2, 0.25) is 0 Å². The molecular weight excluding hydrogens is 524 g/mol. The summed E-state index contributed by atoms with van der Waals surface area (Å²) in [6.45, 7) is 7.15. The number of hydrogen-bond acceptors (Lipinski definition) is 7. The monoisotopic (exact) mass is 556 g/mol. The molecule has 2 aromatic carbocycles. The van der Waals surface area contributed by atoms with Crippen LogP contribution in [0.15, 0.2) is 59.5 Å². The van der Waals surface area contributed by atoms with Crippen LogP contribution in [-0.2, 0) is 21.4 Å². The Morgan fingerprint density at radius 3 is 2.41 bits per heavy atom. The summed E-state index contributed by atoms with van der Waals surface area (Å²) in [5, 5.41) is 20.0. The van der Waals surface area contributed by atoms with Gasteiger partial charge in [0.05, 0.1) is 28.4 Å². The van der Waals surface area contributed by atoms with Crippen LogP contribution < -0.4 is 14.9 Å². The van der Waals surface area contributed by atoms with Gasteiger partial charge in [0.25, 0.3) is 0 Å². The standard InChI is InChI=1S/C27H32N4O7S/c1-16-13-17(20-7-5-6-8-21(20)28-16)15-38-18-9-11-19(12-10-18)39(36,37)30-22-14-31(26(33)34)24(27(2,3)4)23(22)25(32)29-35/h5-13,22-24,30,35H,14-15H2,1-4H3,(H,29,32)(H,33,34). The van der Waals surface area contributed by atoms with Crippen LogP contribution in [0.25, 0.3) is 10.9 Å². The molecule has 11 nitrogen and oxygen atoms in total. The lowest BCUT2D eigenvalue weighted by molar-refractivity contribution is -0.135. The van der Waals surface area contributed by atoms with E-state index in [0.717, 1.165) is 27.1 Å². The maximum atomic E-state index is 13.2. The van der Waals surface area contributed by atoms with E-state index in [1.807, 2.05) is 37.3 Å². The molecule has 0 radical (unpaired) electrons. The molecule has 39 heavy (non-hydrogen) atoms. The van der Waals surface area contributed by atoms with Crippen molar-refractivity contribution < 1.29 is 33.1 Å². The Kier molecular flexibility index (Phi) is 7.82. The lowest BCUT2D eigenvalue weighted by Crippen LogP contribution is -2.51. The van der Waals surface area contributed by atoms with Gasteiger partial charge in [-0.3, -0.25) is 15.0 Å². The van der Waals surface area contributed by atoms with E-state index < -0.39 is 45.4 Å². The van der Waals surface area contributed by atoms with E-state index in [1.165, 1.54) is 24.3 Å². The largest absolute Gasteiger partial charge is 0.489 e. The SMILES string of the molecule is Cc1cc(COc2ccc(S(=O)(=O)NC3CN(C(=O)O)C(C(C)(C)C)C3C(=O)NO)cc2)c2ccccc2n1. The summed E-state index contributed by atoms with van der Waals surface area (Å²) in [5.41, 5.74) is 3.51. The third kappa shape index (κ3) is 5.97. The number of likely N-dealkylation sites (tertiary alicyclic amines) is 1. The molecule has 4 rings (SSSR count). The molecule has 1 saturated heterocycles. The lowest BCUT2D eigenvalue weighted by atomic mass is 9.78. The van der Waals surface area contributed by atoms with E-state index in [2.05, 4.69) is 9.71 Å². The first-order valence-electron chi connectivity index (χ1n) is 12.4. The van der Waals surface area contributed by atoms with Crippen molar-refractivity contribution in [2.45, 2.75) is 51.3 Å². The number of nitrogens with zero attached hydrogens (tertiary/aromatic N) is 2. The molecule has 208 valence electrons. The average molecular weight is 557 g/mol. The Bertz CT molecular complexity index is 1490. The molecule has 12 heteroatoms. The number of fused-ring (bicyclic) bond motifs is 1. The first-order valence-corrected chi connectivity index (χ1v) is 13.8. The second-order valence-electron chi connectivity index (χ2n) is 10.7. The number of carbonyl (C=O) groups excluding carboxylic acids is 1. The van der Waals surface area contributed by atoms with Crippen molar-refractivity contribution in [2.75, 3.05) is 6.54 Å². The quantitative estimate of drug-likeness (QED) is 0.255. The predicted octanol–water partition coefficient (Wildman–Crippen LogP) is 3.30. The number of para-hydroxylation sites is 1. The molecule has 2 amide bonds. The fourth-order valence-electron chi connectivity index (χ4n) is 5.23. The molecule has 0 saturated carbocycles. The molecule has 0 aliphatic carbocycles. The van der Waals surface area contributed by atoms with Gasteiger partial charge in [-0.1, -0.05) is 39.0 Å². The predicted molar refractivity (Wildman–Crippen MR) is 143 cm³/mol. The van der Waals surface area contributed by atoms with Gasteiger partial charge in [-0.2, -0.15) is 0 Å². The topological polar surface area (TPSA) is 158 Å². The number of carbonyl (C=O) groups is 2. The molecule has 1 aliphatic heterocycles. The van der Waals surface area contributed by atoms with E-state index >= 15 is 0 Å². The van der Waals surface area contributed by atoms with Gasteiger partial charge >= 0.3 is 6.09 Å². The zero-order valence-corrected chi connectivity index (χ0v) is 22.9. The number of hydrogen-bond donors (Lipinski definition) is 4. The zero-order chi connectivity index (χ0) is 28.5. The normalized spacial score (nSPS) is 19.7. The number of pyridine rings is 1. The second kappa shape index (κ2) is 10.8. The number of aryl methyl sites for hydroxylation is 1. The van der Waals surface area contributed by atoms with E-state index in [-0.39, 0.29) is 18.0 Å². The highest BCUT2D eigenvalue weighted by Gasteiger charge is 2.53. The van der Waals surface area contributed by atoms with Gasteiger partial charge in [-0.05, 0) is 48.7 Å². The molecule has 3 aromatic rings. The van der Waals surface area contributed by atoms with Crippen molar-refractivity contribution >= 4 is 32.9 Å². The van der Waals surface area contributed by atoms with Gasteiger partial charge in [-0.25, -0.2) is 23.4 Å². The van der Waals surface area contributed by atoms with Crippen molar-refractivity contribution in [3.05, 3.63) is 65.9 Å². The number of sulfonamides is 1. The third-order valence-electron chi connectivity index (χ3n) is 6.81. The van der Waals surface area contributed by atoms with Crippen LogP contribution in [0.4, 0.5) is 4.79 Å².